The van der Waals surface area contributed by atoms with Gasteiger partial charge in [0, 0.05) is 7.11 Å². The Bertz CT molecular complexity index is 319. The number of ether oxygens (including phenoxy) is 1. The summed E-state index contributed by atoms with van der Waals surface area (Å²) in [4.78, 5) is 0. The second kappa shape index (κ2) is 6.15. The van der Waals surface area contributed by atoms with Crippen molar-refractivity contribution in [3.05, 3.63) is 35.9 Å². The van der Waals surface area contributed by atoms with Gasteiger partial charge in [-0.25, -0.2) is 0 Å². The first-order valence-corrected chi connectivity index (χ1v) is 6.02. The van der Waals surface area contributed by atoms with Crippen LogP contribution in [0.4, 0.5) is 0 Å². The molecule has 3 N–H and O–H groups in total. The van der Waals surface area contributed by atoms with E-state index >= 15 is 0 Å². The summed E-state index contributed by atoms with van der Waals surface area (Å²) < 4.78 is 5.60. The van der Waals surface area contributed by atoms with E-state index in [4.69, 9.17) is 10.6 Å². The van der Waals surface area contributed by atoms with Crippen molar-refractivity contribution in [3.8, 4) is 0 Å². The van der Waals surface area contributed by atoms with Crippen molar-refractivity contribution >= 4 is 0 Å². The number of hydrogen-bond donors (Lipinski definition) is 2. The molecule has 0 amide bonds. The molecule has 2 atom stereocenters. The summed E-state index contributed by atoms with van der Waals surface area (Å²) in [7, 11) is 1.74. The summed E-state index contributed by atoms with van der Waals surface area (Å²) in [5.41, 5.74) is 4.20. The van der Waals surface area contributed by atoms with Crippen LogP contribution in [0, 0.1) is 5.41 Å². The Kier molecular flexibility index (Phi) is 5.12. The van der Waals surface area contributed by atoms with Gasteiger partial charge in [0.25, 0.3) is 0 Å². The normalized spacial score (nSPS) is 15.6. The largest absolute Gasteiger partial charge is 0.379 e. The van der Waals surface area contributed by atoms with E-state index in [-0.39, 0.29) is 17.6 Å². The van der Waals surface area contributed by atoms with Gasteiger partial charge in [0.15, 0.2) is 0 Å². The molecule has 0 bridgehead atoms. The van der Waals surface area contributed by atoms with Crippen LogP contribution >= 0.6 is 0 Å². The van der Waals surface area contributed by atoms with Crippen LogP contribution in [-0.2, 0) is 11.2 Å². The van der Waals surface area contributed by atoms with Gasteiger partial charge in [0.2, 0.25) is 0 Å². The van der Waals surface area contributed by atoms with Gasteiger partial charge >= 0.3 is 0 Å². The minimum absolute atomic E-state index is 0.0561. The Balaban J connectivity index is 2.77. The lowest BCUT2D eigenvalue weighted by Crippen LogP contribution is -2.51. The Morgan fingerprint density at radius 2 is 1.82 bits per heavy atom. The molecule has 1 rings (SSSR count). The second-order valence-electron chi connectivity index (χ2n) is 5.49. The van der Waals surface area contributed by atoms with E-state index in [0.29, 0.717) is 0 Å². The Morgan fingerprint density at radius 3 is 2.24 bits per heavy atom. The number of hydrogen-bond acceptors (Lipinski definition) is 3. The molecule has 0 aliphatic rings. The first-order chi connectivity index (χ1) is 7.99. The molecular weight excluding hydrogens is 212 g/mol. The molecule has 0 saturated heterocycles. The SMILES string of the molecule is COC(C(Cc1ccccc1)NN)C(C)(C)C. The summed E-state index contributed by atoms with van der Waals surface area (Å²) in [6.45, 7) is 6.49. The molecule has 1 aromatic carbocycles. The zero-order valence-corrected chi connectivity index (χ0v) is 11.2. The quantitative estimate of drug-likeness (QED) is 0.608. The molecule has 0 aliphatic heterocycles. The Labute approximate surface area is 104 Å². The highest BCUT2D eigenvalue weighted by molar-refractivity contribution is 5.16. The van der Waals surface area contributed by atoms with Crippen LogP contribution in [0.3, 0.4) is 0 Å². The zero-order valence-electron chi connectivity index (χ0n) is 11.2. The molecule has 0 heterocycles. The van der Waals surface area contributed by atoms with Crippen molar-refractivity contribution < 1.29 is 4.74 Å². The fourth-order valence-corrected chi connectivity index (χ4v) is 2.24. The van der Waals surface area contributed by atoms with E-state index in [1.54, 1.807) is 7.11 Å². The molecule has 0 radical (unpaired) electrons. The molecule has 0 saturated carbocycles. The molecule has 96 valence electrons. The van der Waals surface area contributed by atoms with Crippen LogP contribution < -0.4 is 11.3 Å². The summed E-state index contributed by atoms with van der Waals surface area (Å²) in [6, 6.07) is 10.4. The summed E-state index contributed by atoms with van der Waals surface area (Å²) in [5, 5.41) is 0. The number of benzene rings is 1. The predicted octanol–water partition coefficient (Wildman–Crippen LogP) is 2.12. The third kappa shape index (κ3) is 4.11. The van der Waals surface area contributed by atoms with Gasteiger partial charge in [-0.1, -0.05) is 51.1 Å². The van der Waals surface area contributed by atoms with Crippen molar-refractivity contribution in [2.75, 3.05) is 7.11 Å². The highest BCUT2D eigenvalue weighted by atomic mass is 16.5. The molecule has 3 heteroatoms. The van der Waals surface area contributed by atoms with E-state index in [1.807, 2.05) is 18.2 Å². The first-order valence-electron chi connectivity index (χ1n) is 6.02. The fourth-order valence-electron chi connectivity index (χ4n) is 2.24. The van der Waals surface area contributed by atoms with E-state index < -0.39 is 0 Å². The topological polar surface area (TPSA) is 47.3 Å². The number of nitrogens with one attached hydrogen (secondary N) is 1. The number of nitrogens with two attached hydrogens (primary N) is 1. The fraction of sp³-hybridized carbons (Fsp3) is 0.571. The van der Waals surface area contributed by atoms with Gasteiger partial charge in [-0.05, 0) is 17.4 Å². The van der Waals surface area contributed by atoms with Gasteiger partial charge in [-0.3, -0.25) is 11.3 Å². The third-order valence-electron chi connectivity index (χ3n) is 2.99. The molecule has 17 heavy (non-hydrogen) atoms. The van der Waals surface area contributed by atoms with Crippen molar-refractivity contribution in [1.29, 1.82) is 0 Å². The average molecular weight is 236 g/mol. The summed E-state index contributed by atoms with van der Waals surface area (Å²) in [6.07, 6.45) is 0.945. The Morgan fingerprint density at radius 1 is 1.24 bits per heavy atom. The molecule has 0 spiro atoms. The van der Waals surface area contributed by atoms with E-state index in [0.717, 1.165) is 6.42 Å². The lowest BCUT2D eigenvalue weighted by Gasteiger charge is -2.35. The highest BCUT2D eigenvalue weighted by Gasteiger charge is 2.31. The van der Waals surface area contributed by atoms with Crippen LogP contribution in [0.5, 0.6) is 0 Å². The molecule has 0 aromatic heterocycles. The number of methoxy groups -OCH3 is 1. The third-order valence-corrected chi connectivity index (χ3v) is 2.99. The maximum Gasteiger partial charge on any atom is 0.0789 e. The minimum atomic E-state index is 0.0561. The lowest BCUT2D eigenvalue weighted by atomic mass is 9.82. The van der Waals surface area contributed by atoms with Crippen LogP contribution in [0.2, 0.25) is 0 Å². The van der Waals surface area contributed by atoms with Crippen molar-refractivity contribution in [1.82, 2.24) is 5.43 Å². The maximum absolute atomic E-state index is 5.66. The van der Waals surface area contributed by atoms with Gasteiger partial charge in [-0.2, -0.15) is 0 Å². The van der Waals surface area contributed by atoms with Crippen LogP contribution in [0.25, 0.3) is 0 Å². The van der Waals surface area contributed by atoms with E-state index in [9.17, 15) is 0 Å². The van der Waals surface area contributed by atoms with Gasteiger partial charge < -0.3 is 4.74 Å². The van der Waals surface area contributed by atoms with Crippen molar-refractivity contribution in [3.63, 3.8) is 0 Å². The van der Waals surface area contributed by atoms with E-state index in [2.05, 4.69) is 38.3 Å². The van der Waals surface area contributed by atoms with Gasteiger partial charge in [0.05, 0.1) is 12.1 Å². The maximum atomic E-state index is 5.66. The molecule has 0 aliphatic carbocycles. The molecule has 0 fully saturated rings. The van der Waals surface area contributed by atoms with Crippen LogP contribution in [-0.4, -0.2) is 19.3 Å². The number of rotatable bonds is 5. The van der Waals surface area contributed by atoms with Crippen molar-refractivity contribution in [2.45, 2.75) is 39.3 Å². The summed E-state index contributed by atoms with van der Waals surface area (Å²) in [5.74, 6) is 5.66. The summed E-state index contributed by atoms with van der Waals surface area (Å²) >= 11 is 0. The zero-order chi connectivity index (χ0) is 12.9. The minimum Gasteiger partial charge on any atom is -0.379 e. The predicted molar refractivity (Wildman–Crippen MR) is 71.5 cm³/mol. The van der Waals surface area contributed by atoms with Gasteiger partial charge in [0.1, 0.15) is 0 Å². The van der Waals surface area contributed by atoms with Crippen LogP contribution in [0.15, 0.2) is 30.3 Å². The lowest BCUT2D eigenvalue weighted by molar-refractivity contribution is -0.0110. The molecular formula is C14H24N2O. The highest BCUT2D eigenvalue weighted by Crippen LogP contribution is 2.25. The first kappa shape index (κ1) is 14.2. The second-order valence-corrected chi connectivity index (χ2v) is 5.49. The number of hydrazine groups is 1. The van der Waals surface area contributed by atoms with Crippen molar-refractivity contribution in [2.24, 2.45) is 11.3 Å². The monoisotopic (exact) mass is 236 g/mol. The molecule has 1 aromatic rings. The van der Waals surface area contributed by atoms with Gasteiger partial charge in [-0.15, -0.1) is 0 Å². The Hall–Kier alpha value is -0.900. The van der Waals surface area contributed by atoms with E-state index in [1.165, 1.54) is 5.56 Å². The standard InChI is InChI=1S/C14H24N2O/c1-14(2,3)13(17-4)12(16-15)10-11-8-6-5-7-9-11/h5-9,12-13,16H,10,15H2,1-4H3. The van der Waals surface area contributed by atoms with Crippen LogP contribution in [0.1, 0.15) is 26.3 Å². The average Bonchev–Trinajstić information content (AvgIpc) is 2.28. The molecule has 3 nitrogen and oxygen atoms in total. The smallest absolute Gasteiger partial charge is 0.0789 e. The molecule has 2 unspecified atom stereocenters.